The Labute approximate surface area is 121 Å². The van der Waals surface area contributed by atoms with Gasteiger partial charge in [-0.3, -0.25) is 14.9 Å². The summed E-state index contributed by atoms with van der Waals surface area (Å²) in [5, 5.41) is 14.7. The maximum atomic E-state index is 12.2. The molecule has 0 fully saturated rings. The third-order valence-corrected chi connectivity index (χ3v) is 3.21. The first kappa shape index (κ1) is 14.9. The molecule has 1 aromatic carbocycles. The van der Waals surface area contributed by atoms with Gasteiger partial charge in [0, 0.05) is 18.1 Å². The van der Waals surface area contributed by atoms with E-state index in [1.807, 2.05) is 20.8 Å². The zero-order chi connectivity index (χ0) is 15.6. The topological polar surface area (TPSA) is 86.2 Å². The Morgan fingerprint density at radius 1 is 1.38 bits per heavy atom. The van der Waals surface area contributed by atoms with E-state index < -0.39 is 4.92 Å². The monoisotopic (exact) mass is 288 g/mol. The van der Waals surface area contributed by atoms with Crippen molar-refractivity contribution < 1.29 is 14.2 Å². The van der Waals surface area contributed by atoms with Crippen LogP contribution in [0.2, 0.25) is 0 Å². The number of aromatic nitrogens is 1. The predicted molar refractivity (Wildman–Crippen MR) is 76.3 cm³/mol. The molecule has 0 spiro atoms. The number of Topliss-reactive ketones (excluding diaryl/α,β-unsaturated/α-hetero) is 1. The molecule has 0 amide bonds. The number of nitro benzene ring substituents is 1. The highest BCUT2D eigenvalue weighted by Crippen LogP contribution is 2.29. The lowest BCUT2D eigenvalue weighted by Gasteiger charge is -2.19. The zero-order valence-electron chi connectivity index (χ0n) is 12.1. The third-order valence-electron chi connectivity index (χ3n) is 3.21. The average molecular weight is 288 g/mol. The SMILES string of the molecule is CC(C)(C)c1ccc(C(=O)Cc2cnoc2)c([N+](=O)[O-])c1. The maximum Gasteiger partial charge on any atom is 0.280 e. The number of nitrogens with zero attached hydrogens (tertiary/aromatic N) is 2. The van der Waals surface area contributed by atoms with Crippen molar-refractivity contribution >= 4 is 11.5 Å². The molecule has 0 aliphatic carbocycles. The van der Waals surface area contributed by atoms with Crippen molar-refractivity contribution in [1.29, 1.82) is 0 Å². The fourth-order valence-electron chi connectivity index (χ4n) is 1.98. The molecule has 0 radical (unpaired) electrons. The first-order valence-corrected chi connectivity index (χ1v) is 6.49. The Kier molecular flexibility index (Phi) is 3.88. The molecule has 1 aromatic heterocycles. The van der Waals surface area contributed by atoms with Gasteiger partial charge < -0.3 is 4.52 Å². The summed E-state index contributed by atoms with van der Waals surface area (Å²) >= 11 is 0. The quantitative estimate of drug-likeness (QED) is 0.489. The van der Waals surface area contributed by atoms with E-state index in [1.165, 1.54) is 24.6 Å². The third kappa shape index (κ3) is 3.34. The first-order chi connectivity index (χ1) is 9.79. The van der Waals surface area contributed by atoms with Crippen LogP contribution in [0, 0.1) is 10.1 Å². The molecule has 0 saturated carbocycles. The van der Waals surface area contributed by atoms with E-state index in [2.05, 4.69) is 9.68 Å². The van der Waals surface area contributed by atoms with Crippen molar-refractivity contribution in [1.82, 2.24) is 5.16 Å². The summed E-state index contributed by atoms with van der Waals surface area (Å²) in [5.41, 5.74) is 1.13. The van der Waals surface area contributed by atoms with E-state index in [0.29, 0.717) is 5.56 Å². The number of nitro groups is 1. The molecule has 0 saturated heterocycles. The van der Waals surface area contributed by atoms with Gasteiger partial charge >= 0.3 is 0 Å². The van der Waals surface area contributed by atoms with Crippen molar-refractivity contribution in [2.45, 2.75) is 32.6 Å². The van der Waals surface area contributed by atoms with Gasteiger partial charge in [-0.1, -0.05) is 32.0 Å². The molecular weight excluding hydrogens is 272 g/mol. The normalized spacial score (nSPS) is 11.4. The zero-order valence-corrected chi connectivity index (χ0v) is 12.1. The maximum absolute atomic E-state index is 12.2. The van der Waals surface area contributed by atoms with E-state index in [9.17, 15) is 14.9 Å². The van der Waals surface area contributed by atoms with Gasteiger partial charge in [-0.15, -0.1) is 0 Å². The largest absolute Gasteiger partial charge is 0.364 e. The van der Waals surface area contributed by atoms with E-state index in [-0.39, 0.29) is 28.9 Å². The Hall–Kier alpha value is -2.50. The summed E-state index contributed by atoms with van der Waals surface area (Å²) in [7, 11) is 0. The second-order valence-electron chi connectivity index (χ2n) is 5.87. The minimum atomic E-state index is -0.518. The molecule has 2 aromatic rings. The lowest BCUT2D eigenvalue weighted by atomic mass is 9.85. The molecule has 0 atom stereocenters. The fourth-order valence-corrected chi connectivity index (χ4v) is 1.98. The molecule has 21 heavy (non-hydrogen) atoms. The van der Waals surface area contributed by atoms with Gasteiger partial charge in [0.15, 0.2) is 5.78 Å². The van der Waals surface area contributed by atoms with Crippen molar-refractivity contribution in [3.05, 3.63) is 57.5 Å². The average Bonchev–Trinajstić information content (AvgIpc) is 2.89. The highest BCUT2D eigenvalue weighted by molar-refractivity contribution is 6.01. The standard InChI is InChI=1S/C15H16N2O4/c1-15(2,3)11-4-5-12(13(7-11)17(19)20)14(18)6-10-8-16-21-9-10/h4-5,7-9H,6H2,1-3H3. The van der Waals surface area contributed by atoms with Crippen LogP contribution >= 0.6 is 0 Å². The van der Waals surface area contributed by atoms with Crippen LogP contribution in [0.1, 0.15) is 42.3 Å². The minimum absolute atomic E-state index is 0.0270. The first-order valence-electron chi connectivity index (χ1n) is 6.49. The van der Waals surface area contributed by atoms with Crippen LogP contribution in [0.15, 0.2) is 35.2 Å². The summed E-state index contributed by atoms with van der Waals surface area (Å²) < 4.78 is 4.66. The van der Waals surface area contributed by atoms with Crippen LogP contribution in [-0.4, -0.2) is 15.9 Å². The van der Waals surface area contributed by atoms with Gasteiger partial charge in [-0.25, -0.2) is 0 Å². The summed E-state index contributed by atoms with van der Waals surface area (Å²) in [6, 6.07) is 4.75. The van der Waals surface area contributed by atoms with Gasteiger partial charge in [0.05, 0.1) is 16.7 Å². The number of carbonyl (C=O) groups is 1. The molecule has 110 valence electrons. The molecule has 0 aliphatic rings. The molecule has 0 unspecified atom stereocenters. The minimum Gasteiger partial charge on any atom is -0.364 e. The van der Waals surface area contributed by atoms with Crippen LogP contribution in [0.4, 0.5) is 5.69 Å². The predicted octanol–water partition coefficient (Wildman–Crippen LogP) is 3.31. The van der Waals surface area contributed by atoms with Crippen molar-refractivity contribution in [2.24, 2.45) is 0 Å². The Morgan fingerprint density at radius 3 is 2.62 bits per heavy atom. The van der Waals surface area contributed by atoms with Crippen LogP contribution < -0.4 is 0 Å². The molecule has 2 rings (SSSR count). The van der Waals surface area contributed by atoms with Crippen LogP contribution in [0.3, 0.4) is 0 Å². The van der Waals surface area contributed by atoms with E-state index in [0.717, 1.165) is 5.56 Å². The van der Waals surface area contributed by atoms with Crippen LogP contribution in [0.25, 0.3) is 0 Å². The number of hydrogen-bond donors (Lipinski definition) is 0. The summed E-state index contributed by atoms with van der Waals surface area (Å²) in [4.78, 5) is 22.9. The Morgan fingerprint density at radius 2 is 2.10 bits per heavy atom. The van der Waals surface area contributed by atoms with Gasteiger partial charge in [-0.05, 0) is 17.0 Å². The van der Waals surface area contributed by atoms with Crippen molar-refractivity contribution in [3.63, 3.8) is 0 Å². The summed E-state index contributed by atoms with van der Waals surface area (Å²) in [6.07, 6.45) is 2.81. The summed E-state index contributed by atoms with van der Waals surface area (Å²) in [5.74, 6) is -0.328. The second kappa shape index (κ2) is 5.47. The van der Waals surface area contributed by atoms with Gasteiger partial charge in [-0.2, -0.15) is 0 Å². The lowest BCUT2D eigenvalue weighted by Crippen LogP contribution is -2.13. The highest BCUT2D eigenvalue weighted by atomic mass is 16.6. The number of carbonyl (C=O) groups excluding carboxylic acids is 1. The Balaban J connectivity index is 2.39. The molecule has 0 bridgehead atoms. The number of rotatable bonds is 4. The molecule has 0 N–H and O–H groups in total. The van der Waals surface area contributed by atoms with Gasteiger partial charge in [0.25, 0.3) is 5.69 Å². The molecular formula is C15H16N2O4. The lowest BCUT2D eigenvalue weighted by molar-refractivity contribution is -0.385. The summed E-state index contributed by atoms with van der Waals surface area (Å²) in [6.45, 7) is 5.89. The molecule has 1 heterocycles. The molecule has 0 aliphatic heterocycles. The van der Waals surface area contributed by atoms with Crippen molar-refractivity contribution in [2.75, 3.05) is 0 Å². The number of ketones is 1. The van der Waals surface area contributed by atoms with E-state index in [4.69, 9.17) is 0 Å². The van der Waals surface area contributed by atoms with Crippen LogP contribution in [-0.2, 0) is 11.8 Å². The van der Waals surface area contributed by atoms with E-state index in [1.54, 1.807) is 6.07 Å². The second-order valence-corrected chi connectivity index (χ2v) is 5.87. The molecule has 6 heteroatoms. The fraction of sp³-hybridized carbons (Fsp3) is 0.333. The van der Waals surface area contributed by atoms with E-state index >= 15 is 0 Å². The highest BCUT2D eigenvalue weighted by Gasteiger charge is 2.24. The number of hydrogen-bond acceptors (Lipinski definition) is 5. The number of benzene rings is 1. The Bertz CT molecular complexity index is 669. The van der Waals surface area contributed by atoms with Crippen molar-refractivity contribution in [3.8, 4) is 0 Å². The van der Waals surface area contributed by atoms with Gasteiger partial charge in [0.1, 0.15) is 6.26 Å². The van der Waals surface area contributed by atoms with Crippen LogP contribution in [0.5, 0.6) is 0 Å². The van der Waals surface area contributed by atoms with Gasteiger partial charge in [0.2, 0.25) is 0 Å². The molecule has 6 nitrogen and oxygen atoms in total. The smallest absolute Gasteiger partial charge is 0.280 e.